The van der Waals surface area contributed by atoms with Gasteiger partial charge in [0.15, 0.2) is 0 Å². The fraction of sp³-hybridized carbons (Fsp3) is 0.286. The Balaban J connectivity index is 1.58. The number of anilines is 1. The van der Waals surface area contributed by atoms with Gasteiger partial charge in [0.2, 0.25) is 5.91 Å². The number of aromatic amines is 1. The summed E-state index contributed by atoms with van der Waals surface area (Å²) in [4.78, 5) is 40.8. The summed E-state index contributed by atoms with van der Waals surface area (Å²) >= 11 is 0. The molecule has 0 bridgehead atoms. The average molecular weight is 380 g/mol. The second kappa shape index (κ2) is 9.03. The smallest absolute Gasteiger partial charge is 0.329 e. The lowest BCUT2D eigenvalue weighted by atomic mass is 10.2. The monoisotopic (exact) mass is 380 g/mol. The van der Waals surface area contributed by atoms with Gasteiger partial charge in [-0.15, -0.1) is 0 Å². The summed E-state index contributed by atoms with van der Waals surface area (Å²) in [5, 5.41) is 3.24. The maximum Gasteiger partial charge on any atom is 0.329 e. The standard InChI is InChI=1S/C21H24N4O3/c1-2-24(16-9-4-3-5-10-16)14-8-13-22-19(26)15-25-18-12-7-6-11-17(18)20(27)23-21(25)28/h3-7,9-12H,2,8,13-15H2,1H3,(H,22,26)(H,23,27,28). The molecule has 3 rings (SSSR count). The third-order valence-corrected chi connectivity index (χ3v) is 4.64. The summed E-state index contributed by atoms with van der Waals surface area (Å²) in [6, 6.07) is 16.9. The molecule has 2 N–H and O–H groups in total. The van der Waals surface area contributed by atoms with Crippen molar-refractivity contribution in [2.75, 3.05) is 24.5 Å². The SMILES string of the molecule is CCN(CCCNC(=O)Cn1c(=O)[nH]c(=O)c2ccccc21)c1ccccc1. The first kappa shape index (κ1) is 19.4. The highest BCUT2D eigenvalue weighted by Gasteiger charge is 2.10. The van der Waals surface area contributed by atoms with E-state index in [1.807, 2.05) is 18.2 Å². The highest BCUT2D eigenvalue weighted by atomic mass is 16.2. The zero-order chi connectivity index (χ0) is 19.9. The van der Waals surface area contributed by atoms with Gasteiger partial charge in [0, 0.05) is 25.3 Å². The number of carbonyl (C=O) groups is 1. The molecule has 0 radical (unpaired) electrons. The number of benzene rings is 2. The maximum absolute atomic E-state index is 12.3. The fourth-order valence-corrected chi connectivity index (χ4v) is 3.21. The molecule has 0 aliphatic heterocycles. The Morgan fingerprint density at radius 2 is 1.79 bits per heavy atom. The van der Waals surface area contributed by atoms with Crippen molar-refractivity contribution in [3.05, 3.63) is 75.4 Å². The predicted octanol–water partition coefficient (Wildman–Crippen LogP) is 1.72. The molecule has 0 saturated carbocycles. The molecular formula is C21H24N4O3. The molecule has 7 nitrogen and oxygen atoms in total. The molecular weight excluding hydrogens is 356 g/mol. The van der Waals surface area contributed by atoms with E-state index in [1.54, 1.807) is 24.3 Å². The summed E-state index contributed by atoms with van der Waals surface area (Å²) in [5.41, 5.74) is 0.577. The van der Waals surface area contributed by atoms with Gasteiger partial charge in [0.05, 0.1) is 10.9 Å². The van der Waals surface area contributed by atoms with E-state index >= 15 is 0 Å². The number of para-hydroxylation sites is 2. The van der Waals surface area contributed by atoms with Gasteiger partial charge in [-0.25, -0.2) is 4.79 Å². The van der Waals surface area contributed by atoms with E-state index in [9.17, 15) is 14.4 Å². The van der Waals surface area contributed by atoms with Crippen LogP contribution >= 0.6 is 0 Å². The molecule has 3 aromatic rings. The molecule has 0 saturated heterocycles. The lowest BCUT2D eigenvalue weighted by Crippen LogP contribution is -2.37. The number of aromatic nitrogens is 2. The predicted molar refractivity (Wildman–Crippen MR) is 111 cm³/mol. The first-order valence-electron chi connectivity index (χ1n) is 9.38. The number of hydrogen-bond donors (Lipinski definition) is 2. The Morgan fingerprint density at radius 1 is 1.07 bits per heavy atom. The zero-order valence-electron chi connectivity index (χ0n) is 15.9. The zero-order valence-corrected chi connectivity index (χ0v) is 15.9. The molecule has 0 unspecified atom stereocenters. The normalized spacial score (nSPS) is 10.8. The molecule has 146 valence electrons. The molecule has 28 heavy (non-hydrogen) atoms. The number of rotatable bonds is 8. The number of H-pyrrole nitrogens is 1. The summed E-state index contributed by atoms with van der Waals surface area (Å²) in [6.45, 7) is 4.18. The van der Waals surface area contributed by atoms with Crippen molar-refractivity contribution in [1.82, 2.24) is 14.9 Å². The number of nitrogens with zero attached hydrogens (tertiary/aromatic N) is 2. The minimum Gasteiger partial charge on any atom is -0.372 e. The molecule has 1 aromatic heterocycles. The highest BCUT2D eigenvalue weighted by Crippen LogP contribution is 2.12. The van der Waals surface area contributed by atoms with Crippen LogP contribution in [-0.2, 0) is 11.3 Å². The van der Waals surface area contributed by atoms with Crippen LogP contribution in [0.25, 0.3) is 10.9 Å². The quantitative estimate of drug-likeness (QED) is 0.583. The third-order valence-electron chi connectivity index (χ3n) is 4.64. The van der Waals surface area contributed by atoms with Crippen LogP contribution in [0.2, 0.25) is 0 Å². The second-order valence-electron chi connectivity index (χ2n) is 6.48. The maximum atomic E-state index is 12.3. The van der Waals surface area contributed by atoms with Crippen LogP contribution in [0, 0.1) is 0 Å². The number of hydrogen-bond acceptors (Lipinski definition) is 4. The van der Waals surface area contributed by atoms with Crippen LogP contribution in [0.4, 0.5) is 5.69 Å². The van der Waals surface area contributed by atoms with E-state index in [-0.39, 0.29) is 12.5 Å². The van der Waals surface area contributed by atoms with Gasteiger partial charge in [-0.2, -0.15) is 0 Å². The van der Waals surface area contributed by atoms with Crippen LogP contribution in [0.15, 0.2) is 64.2 Å². The van der Waals surface area contributed by atoms with E-state index in [1.165, 1.54) is 4.57 Å². The Kier molecular flexibility index (Phi) is 6.26. The van der Waals surface area contributed by atoms with E-state index in [0.29, 0.717) is 17.4 Å². The van der Waals surface area contributed by atoms with Crippen LogP contribution in [0.1, 0.15) is 13.3 Å². The van der Waals surface area contributed by atoms with Crippen LogP contribution in [0.3, 0.4) is 0 Å². The number of fused-ring (bicyclic) bond motifs is 1. The van der Waals surface area contributed by atoms with Crippen molar-refractivity contribution < 1.29 is 4.79 Å². The lowest BCUT2D eigenvalue weighted by molar-refractivity contribution is -0.121. The van der Waals surface area contributed by atoms with Gasteiger partial charge in [-0.1, -0.05) is 30.3 Å². The molecule has 7 heteroatoms. The van der Waals surface area contributed by atoms with Gasteiger partial charge in [0.25, 0.3) is 5.56 Å². The van der Waals surface area contributed by atoms with E-state index in [4.69, 9.17) is 0 Å². The number of nitrogens with one attached hydrogen (secondary N) is 2. The topological polar surface area (TPSA) is 87.2 Å². The molecule has 0 fully saturated rings. The van der Waals surface area contributed by atoms with Gasteiger partial charge in [-0.3, -0.25) is 19.1 Å². The fourth-order valence-electron chi connectivity index (χ4n) is 3.21. The van der Waals surface area contributed by atoms with Crippen LogP contribution in [0.5, 0.6) is 0 Å². The molecule has 0 spiro atoms. The van der Waals surface area contributed by atoms with Crippen molar-refractivity contribution in [2.45, 2.75) is 19.9 Å². The Labute approximate surface area is 162 Å². The molecule has 2 aromatic carbocycles. The number of amides is 1. The largest absolute Gasteiger partial charge is 0.372 e. The van der Waals surface area contributed by atoms with Crippen molar-refractivity contribution in [1.29, 1.82) is 0 Å². The van der Waals surface area contributed by atoms with Gasteiger partial charge in [0.1, 0.15) is 6.54 Å². The van der Waals surface area contributed by atoms with Gasteiger partial charge < -0.3 is 10.2 Å². The molecule has 1 heterocycles. The molecule has 0 aliphatic carbocycles. The van der Waals surface area contributed by atoms with E-state index in [2.05, 4.69) is 34.3 Å². The average Bonchev–Trinajstić information content (AvgIpc) is 2.72. The summed E-state index contributed by atoms with van der Waals surface area (Å²) in [5.74, 6) is -0.262. The summed E-state index contributed by atoms with van der Waals surface area (Å²) in [7, 11) is 0. The summed E-state index contributed by atoms with van der Waals surface area (Å²) in [6.07, 6.45) is 0.787. The first-order valence-corrected chi connectivity index (χ1v) is 9.38. The Morgan fingerprint density at radius 3 is 2.54 bits per heavy atom. The highest BCUT2D eigenvalue weighted by molar-refractivity contribution is 5.81. The summed E-state index contributed by atoms with van der Waals surface area (Å²) < 4.78 is 1.29. The third kappa shape index (κ3) is 4.49. The van der Waals surface area contributed by atoms with E-state index < -0.39 is 11.2 Å². The number of carbonyl (C=O) groups excluding carboxylic acids is 1. The van der Waals surface area contributed by atoms with Gasteiger partial charge in [-0.05, 0) is 37.6 Å². The molecule has 1 amide bonds. The Bertz CT molecular complexity index is 1060. The molecule has 0 atom stereocenters. The van der Waals surface area contributed by atoms with Crippen LogP contribution in [-0.4, -0.2) is 35.1 Å². The first-order chi connectivity index (χ1) is 13.6. The van der Waals surface area contributed by atoms with Crippen molar-refractivity contribution in [3.8, 4) is 0 Å². The Hall–Kier alpha value is -3.35. The van der Waals surface area contributed by atoms with E-state index in [0.717, 1.165) is 25.2 Å². The van der Waals surface area contributed by atoms with Crippen LogP contribution < -0.4 is 21.5 Å². The lowest BCUT2D eigenvalue weighted by Gasteiger charge is -2.23. The van der Waals surface area contributed by atoms with Crippen molar-refractivity contribution in [2.24, 2.45) is 0 Å². The minimum absolute atomic E-state index is 0.133. The molecule has 0 aliphatic rings. The van der Waals surface area contributed by atoms with Crippen molar-refractivity contribution >= 4 is 22.5 Å². The minimum atomic E-state index is -0.583. The second-order valence-corrected chi connectivity index (χ2v) is 6.48. The van der Waals surface area contributed by atoms with Crippen molar-refractivity contribution in [3.63, 3.8) is 0 Å². The van der Waals surface area contributed by atoms with Gasteiger partial charge >= 0.3 is 5.69 Å².